The number of carboxylic acid groups (broad SMARTS) is 1. The van der Waals surface area contributed by atoms with E-state index in [0.29, 0.717) is 0 Å². The molecule has 17 heavy (non-hydrogen) atoms. The lowest BCUT2D eigenvalue weighted by molar-refractivity contribution is -0.163. The number of hydrogen-bond acceptors (Lipinski definition) is 3. The van der Waals surface area contributed by atoms with Crippen molar-refractivity contribution in [3.63, 3.8) is 0 Å². The molecule has 0 unspecified atom stereocenters. The third-order valence-corrected chi connectivity index (χ3v) is 2.18. The summed E-state index contributed by atoms with van der Waals surface area (Å²) in [5, 5.41) is 8.85. The second-order valence-corrected chi connectivity index (χ2v) is 4.07. The van der Waals surface area contributed by atoms with Gasteiger partial charge in [-0.15, -0.1) is 0 Å². The number of alkyl halides is 2. The van der Waals surface area contributed by atoms with Crippen molar-refractivity contribution >= 4 is 35.1 Å². The summed E-state index contributed by atoms with van der Waals surface area (Å²) in [6.45, 7) is 0. The summed E-state index contributed by atoms with van der Waals surface area (Å²) in [6.07, 6.45) is -1.77. The molecule has 0 spiro atoms. The van der Waals surface area contributed by atoms with Gasteiger partial charge in [-0.05, 0) is 6.07 Å². The van der Waals surface area contributed by atoms with Crippen LogP contribution in [0.25, 0.3) is 0 Å². The van der Waals surface area contributed by atoms with Crippen LogP contribution in [0.3, 0.4) is 0 Å². The Labute approximate surface area is 106 Å². The minimum absolute atomic E-state index is 0.276. The summed E-state index contributed by atoms with van der Waals surface area (Å²) in [6, 6.07) is 5.05. The Morgan fingerprint density at radius 2 is 1.88 bits per heavy atom. The first-order chi connectivity index (χ1) is 7.93. The first-order valence-corrected chi connectivity index (χ1v) is 5.26. The smallest absolute Gasteiger partial charge is 0.349 e. The van der Waals surface area contributed by atoms with Crippen molar-refractivity contribution in [3.05, 3.63) is 35.6 Å². The molecule has 0 amide bonds. The summed E-state index contributed by atoms with van der Waals surface area (Å²) in [7, 11) is 0. The van der Waals surface area contributed by atoms with Gasteiger partial charge in [0.25, 0.3) is 0 Å². The summed E-state index contributed by atoms with van der Waals surface area (Å²) in [5.74, 6) is -3.46. The lowest BCUT2D eigenvalue weighted by atomic mass is 10.1. The highest BCUT2D eigenvalue weighted by Gasteiger charge is 2.29. The Bertz CT molecular complexity index is 436. The topological polar surface area (TPSA) is 63.6 Å². The highest BCUT2D eigenvalue weighted by Crippen LogP contribution is 2.22. The molecule has 1 rings (SSSR count). The second kappa shape index (κ2) is 5.84. The van der Waals surface area contributed by atoms with Crippen LogP contribution in [0.4, 0.5) is 4.39 Å². The molecule has 1 N–H and O–H groups in total. The molecular formula is C10H7Cl2FO4. The number of hydrogen-bond donors (Lipinski definition) is 1. The number of rotatable bonds is 4. The maximum Gasteiger partial charge on any atom is 0.349 e. The number of carbonyl (C=O) groups is 2. The van der Waals surface area contributed by atoms with Crippen LogP contribution in [0, 0.1) is 5.82 Å². The molecule has 0 saturated carbocycles. The van der Waals surface area contributed by atoms with Gasteiger partial charge in [0, 0.05) is 5.56 Å². The SMILES string of the molecule is O=C(O[C@@H](C(=O)O)c1ccccc1F)C(Cl)Cl. The Balaban J connectivity index is 2.99. The van der Waals surface area contributed by atoms with E-state index in [0.717, 1.165) is 6.07 Å². The number of ether oxygens (including phenoxy) is 1. The van der Waals surface area contributed by atoms with E-state index in [1.807, 2.05) is 0 Å². The quantitative estimate of drug-likeness (QED) is 0.679. The van der Waals surface area contributed by atoms with Gasteiger partial charge >= 0.3 is 11.9 Å². The fraction of sp³-hybridized carbons (Fsp3) is 0.200. The molecule has 1 atom stereocenters. The van der Waals surface area contributed by atoms with E-state index < -0.39 is 28.7 Å². The Hall–Kier alpha value is -1.33. The van der Waals surface area contributed by atoms with Crippen molar-refractivity contribution < 1.29 is 23.8 Å². The average Bonchev–Trinajstić information content (AvgIpc) is 2.26. The molecule has 0 heterocycles. The molecule has 1 aromatic carbocycles. The molecule has 0 saturated heterocycles. The predicted molar refractivity (Wildman–Crippen MR) is 58.4 cm³/mol. The van der Waals surface area contributed by atoms with Gasteiger partial charge in [-0.3, -0.25) is 0 Å². The molecule has 0 fully saturated rings. The lowest BCUT2D eigenvalue weighted by Crippen LogP contribution is -2.23. The number of aliphatic carboxylic acids is 1. The molecule has 92 valence electrons. The highest BCUT2D eigenvalue weighted by molar-refractivity contribution is 6.52. The van der Waals surface area contributed by atoms with Crippen LogP contribution in [0.2, 0.25) is 0 Å². The van der Waals surface area contributed by atoms with Crippen molar-refractivity contribution in [1.29, 1.82) is 0 Å². The van der Waals surface area contributed by atoms with Gasteiger partial charge in [-0.1, -0.05) is 41.4 Å². The largest absolute Gasteiger partial charge is 0.478 e. The lowest BCUT2D eigenvalue weighted by Gasteiger charge is -2.14. The van der Waals surface area contributed by atoms with Crippen LogP contribution in [-0.2, 0) is 14.3 Å². The monoisotopic (exact) mass is 280 g/mol. The maximum absolute atomic E-state index is 13.3. The molecule has 0 radical (unpaired) electrons. The zero-order valence-corrected chi connectivity index (χ0v) is 9.78. The van der Waals surface area contributed by atoms with Gasteiger partial charge < -0.3 is 9.84 Å². The fourth-order valence-corrected chi connectivity index (χ4v) is 1.21. The molecule has 4 nitrogen and oxygen atoms in total. The molecule has 0 bridgehead atoms. The van der Waals surface area contributed by atoms with Crippen LogP contribution in [-0.4, -0.2) is 21.9 Å². The summed E-state index contributed by atoms with van der Waals surface area (Å²) >= 11 is 10.4. The summed E-state index contributed by atoms with van der Waals surface area (Å²) < 4.78 is 17.8. The van der Waals surface area contributed by atoms with E-state index in [4.69, 9.17) is 28.3 Å². The normalized spacial score (nSPS) is 12.2. The van der Waals surface area contributed by atoms with Crippen LogP contribution >= 0.6 is 23.2 Å². The molecule has 0 aliphatic heterocycles. The van der Waals surface area contributed by atoms with Crippen LogP contribution in [0.15, 0.2) is 24.3 Å². The minimum Gasteiger partial charge on any atom is -0.478 e. The van der Waals surface area contributed by atoms with E-state index in [9.17, 15) is 14.0 Å². The molecule has 0 aliphatic carbocycles. The fourth-order valence-electron chi connectivity index (χ4n) is 1.10. The van der Waals surface area contributed by atoms with Crippen molar-refractivity contribution in [1.82, 2.24) is 0 Å². The van der Waals surface area contributed by atoms with Gasteiger partial charge in [-0.2, -0.15) is 0 Å². The molecule has 0 aromatic heterocycles. The first kappa shape index (κ1) is 13.7. The maximum atomic E-state index is 13.3. The van der Waals surface area contributed by atoms with Crippen molar-refractivity contribution in [3.8, 4) is 0 Å². The van der Waals surface area contributed by atoms with Gasteiger partial charge in [0.15, 0.2) is 0 Å². The third-order valence-electron chi connectivity index (χ3n) is 1.82. The van der Waals surface area contributed by atoms with E-state index >= 15 is 0 Å². The number of esters is 1. The van der Waals surface area contributed by atoms with E-state index in [1.54, 1.807) is 0 Å². The number of carboxylic acids is 1. The van der Waals surface area contributed by atoms with Crippen molar-refractivity contribution in [2.45, 2.75) is 10.9 Å². The standard InChI is InChI=1S/C10H7Cl2FO4/c11-8(12)10(16)17-7(9(14)15)5-3-1-2-4-6(5)13/h1-4,7-8H,(H,14,15)/t7-/m1/s1. The second-order valence-electron chi connectivity index (χ2n) is 2.98. The highest BCUT2D eigenvalue weighted by atomic mass is 35.5. The Morgan fingerprint density at radius 3 is 2.35 bits per heavy atom. The first-order valence-electron chi connectivity index (χ1n) is 4.39. The van der Waals surface area contributed by atoms with Gasteiger partial charge in [-0.25, -0.2) is 14.0 Å². The predicted octanol–water partition coefficient (Wildman–Crippen LogP) is 2.30. The van der Waals surface area contributed by atoms with Crippen LogP contribution in [0.5, 0.6) is 0 Å². The van der Waals surface area contributed by atoms with E-state index in [1.165, 1.54) is 18.2 Å². The van der Waals surface area contributed by atoms with Gasteiger partial charge in [0.1, 0.15) is 5.82 Å². The minimum atomic E-state index is -1.77. The van der Waals surface area contributed by atoms with Gasteiger partial charge in [0.2, 0.25) is 10.9 Å². The Kier molecular flexibility index (Phi) is 4.72. The van der Waals surface area contributed by atoms with Crippen LogP contribution in [0.1, 0.15) is 11.7 Å². The third kappa shape index (κ3) is 3.57. The number of halogens is 3. The zero-order valence-electron chi connectivity index (χ0n) is 8.27. The molecule has 7 heteroatoms. The zero-order chi connectivity index (χ0) is 13.0. The summed E-state index contributed by atoms with van der Waals surface area (Å²) in [5.41, 5.74) is -0.276. The average molecular weight is 281 g/mol. The molecular weight excluding hydrogens is 274 g/mol. The number of carbonyl (C=O) groups excluding carboxylic acids is 1. The van der Waals surface area contributed by atoms with E-state index in [2.05, 4.69) is 4.74 Å². The summed E-state index contributed by atoms with van der Waals surface area (Å²) in [4.78, 5) is 20.4. The van der Waals surface area contributed by atoms with Crippen molar-refractivity contribution in [2.75, 3.05) is 0 Å². The number of benzene rings is 1. The van der Waals surface area contributed by atoms with Crippen LogP contribution < -0.4 is 0 Å². The molecule has 1 aromatic rings. The molecule has 0 aliphatic rings. The van der Waals surface area contributed by atoms with Gasteiger partial charge in [0.05, 0.1) is 0 Å². The van der Waals surface area contributed by atoms with Crippen molar-refractivity contribution in [2.24, 2.45) is 0 Å². The van der Waals surface area contributed by atoms with E-state index in [-0.39, 0.29) is 5.56 Å². The Morgan fingerprint density at radius 1 is 1.29 bits per heavy atom.